The molecule has 37 heavy (non-hydrogen) atoms. The van der Waals surface area contributed by atoms with Crippen molar-refractivity contribution < 1.29 is 33.7 Å². The number of allylic oxidation sites excluding steroid dienone is 2. The Balaban J connectivity index is 1.39. The van der Waals surface area contributed by atoms with Crippen LogP contribution in [-0.2, 0) is 25.5 Å². The van der Waals surface area contributed by atoms with Gasteiger partial charge in [-0.25, -0.2) is 0 Å². The van der Waals surface area contributed by atoms with Crippen molar-refractivity contribution in [3.63, 3.8) is 0 Å². The SMILES string of the molecule is CC(C)=CC[C@@]12OC[C@@H]3[C@@H](COC(=O)Cc4ccccc4)[C@@H](C=C4C(=O)c5c(O)cccc5O[C@]431)C2=O. The number of carbonyl (C=O) groups is 3. The Morgan fingerprint density at radius 2 is 1.92 bits per heavy atom. The van der Waals surface area contributed by atoms with Gasteiger partial charge in [0.2, 0.25) is 0 Å². The van der Waals surface area contributed by atoms with Crippen molar-refractivity contribution in [1.29, 1.82) is 0 Å². The molecule has 7 rings (SSSR count). The van der Waals surface area contributed by atoms with E-state index in [0.717, 1.165) is 11.1 Å². The lowest BCUT2D eigenvalue weighted by atomic mass is 9.49. The fraction of sp³-hybridized carbons (Fsp3) is 0.367. The molecular weight excluding hydrogens is 472 g/mol. The summed E-state index contributed by atoms with van der Waals surface area (Å²) in [4.78, 5) is 40.5. The van der Waals surface area contributed by atoms with Crippen molar-refractivity contribution in [2.75, 3.05) is 13.2 Å². The zero-order chi connectivity index (χ0) is 25.9. The average molecular weight is 501 g/mol. The van der Waals surface area contributed by atoms with Gasteiger partial charge < -0.3 is 19.3 Å². The molecule has 2 fully saturated rings. The van der Waals surface area contributed by atoms with Crippen molar-refractivity contribution in [3.8, 4) is 11.5 Å². The van der Waals surface area contributed by atoms with Gasteiger partial charge in [0, 0.05) is 29.7 Å². The average Bonchev–Trinajstić information content (AvgIpc) is 3.15. The first-order chi connectivity index (χ1) is 17.8. The summed E-state index contributed by atoms with van der Waals surface area (Å²) in [5.41, 5.74) is -0.419. The summed E-state index contributed by atoms with van der Waals surface area (Å²) < 4.78 is 18.6. The van der Waals surface area contributed by atoms with Crippen LogP contribution >= 0.6 is 0 Å². The van der Waals surface area contributed by atoms with E-state index in [9.17, 15) is 19.5 Å². The molecule has 0 radical (unpaired) electrons. The lowest BCUT2D eigenvalue weighted by Crippen LogP contribution is -2.74. The second kappa shape index (κ2) is 8.42. The van der Waals surface area contributed by atoms with E-state index in [1.54, 1.807) is 18.2 Å². The van der Waals surface area contributed by atoms with Gasteiger partial charge in [-0.2, -0.15) is 0 Å². The highest BCUT2D eigenvalue weighted by Gasteiger charge is 2.79. The number of phenols is 1. The third-order valence-corrected chi connectivity index (χ3v) is 8.23. The van der Waals surface area contributed by atoms with Crippen LogP contribution in [0.25, 0.3) is 0 Å². The number of ether oxygens (including phenoxy) is 3. The maximum atomic E-state index is 14.1. The Bertz CT molecular complexity index is 1370. The molecule has 0 aromatic heterocycles. The molecule has 1 saturated heterocycles. The van der Waals surface area contributed by atoms with Crippen LogP contribution in [0.15, 0.2) is 71.8 Å². The molecule has 2 aromatic carbocycles. The molecule has 7 nitrogen and oxygen atoms in total. The van der Waals surface area contributed by atoms with E-state index in [1.165, 1.54) is 6.07 Å². The van der Waals surface area contributed by atoms with Crippen molar-refractivity contribution in [2.24, 2.45) is 17.8 Å². The van der Waals surface area contributed by atoms with Gasteiger partial charge in [0.1, 0.15) is 17.1 Å². The number of benzene rings is 2. The highest BCUT2D eigenvalue weighted by atomic mass is 16.6. The van der Waals surface area contributed by atoms with E-state index in [2.05, 4.69) is 0 Å². The second-order valence-corrected chi connectivity index (χ2v) is 10.5. The third kappa shape index (κ3) is 3.26. The highest BCUT2D eigenvalue weighted by Crippen LogP contribution is 2.65. The Morgan fingerprint density at radius 3 is 2.68 bits per heavy atom. The monoisotopic (exact) mass is 500 g/mol. The smallest absolute Gasteiger partial charge is 0.310 e. The van der Waals surface area contributed by atoms with Crippen LogP contribution in [0.5, 0.6) is 11.5 Å². The molecule has 2 aliphatic heterocycles. The first-order valence-corrected chi connectivity index (χ1v) is 12.6. The summed E-state index contributed by atoms with van der Waals surface area (Å²) in [5, 5.41) is 10.4. The van der Waals surface area contributed by atoms with E-state index in [-0.39, 0.29) is 66.6 Å². The summed E-state index contributed by atoms with van der Waals surface area (Å²) >= 11 is 0. The van der Waals surface area contributed by atoms with Crippen molar-refractivity contribution in [2.45, 2.75) is 37.9 Å². The maximum Gasteiger partial charge on any atom is 0.310 e. The van der Waals surface area contributed by atoms with Crippen LogP contribution in [0.1, 0.15) is 36.2 Å². The molecule has 5 atom stereocenters. The van der Waals surface area contributed by atoms with E-state index < -0.39 is 23.0 Å². The second-order valence-electron chi connectivity index (χ2n) is 10.5. The molecular formula is C30H28O7. The lowest BCUT2D eigenvalue weighted by Gasteiger charge is -2.58. The van der Waals surface area contributed by atoms with Crippen LogP contribution < -0.4 is 4.74 Å². The minimum absolute atomic E-state index is 0.0187. The minimum Gasteiger partial charge on any atom is -0.507 e. The topological polar surface area (TPSA) is 99.1 Å². The number of esters is 1. The zero-order valence-corrected chi connectivity index (χ0v) is 20.7. The Hall–Kier alpha value is -3.71. The van der Waals surface area contributed by atoms with Crippen molar-refractivity contribution in [3.05, 3.63) is 83.0 Å². The first-order valence-electron chi connectivity index (χ1n) is 12.6. The molecule has 7 heteroatoms. The van der Waals surface area contributed by atoms with Crippen LogP contribution in [-0.4, -0.2) is 47.1 Å². The van der Waals surface area contributed by atoms with E-state index in [1.807, 2.05) is 50.3 Å². The molecule has 190 valence electrons. The van der Waals surface area contributed by atoms with Crippen LogP contribution in [0.2, 0.25) is 0 Å². The molecule has 1 N–H and O–H groups in total. The van der Waals surface area contributed by atoms with E-state index in [4.69, 9.17) is 14.2 Å². The lowest BCUT2D eigenvalue weighted by molar-refractivity contribution is -0.174. The Labute approximate surface area is 214 Å². The fourth-order valence-electron chi connectivity index (χ4n) is 6.55. The first kappa shape index (κ1) is 23.7. The summed E-state index contributed by atoms with van der Waals surface area (Å²) in [5.74, 6) is -2.28. The number of aromatic hydroxyl groups is 1. The standard InChI is InChI=1S/C30H28O7/c1-17(2)11-12-29-28(34)19-14-21-27(33)26-23(31)9-6-10-24(26)37-30(21,29)22(16-36-29)20(19)15-35-25(32)13-18-7-4-3-5-8-18/h3-11,14,19-20,22,31H,12-13,15-16H2,1-2H3/t19-,20+,22-,29+,30-/m1/s1. The summed E-state index contributed by atoms with van der Waals surface area (Å²) in [6.07, 6.45) is 4.00. The largest absolute Gasteiger partial charge is 0.507 e. The number of fused-ring (bicyclic) bond motifs is 1. The molecule has 5 aliphatic rings. The van der Waals surface area contributed by atoms with Crippen molar-refractivity contribution in [1.82, 2.24) is 0 Å². The van der Waals surface area contributed by atoms with Crippen molar-refractivity contribution >= 4 is 17.5 Å². The van der Waals surface area contributed by atoms with Gasteiger partial charge in [-0.1, -0.05) is 54.1 Å². The number of hydrogen-bond donors (Lipinski definition) is 1. The number of Topliss-reactive ketones (excluding diaryl/α,β-unsaturated/α-hetero) is 2. The quantitative estimate of drug-likeness (QED) is 0.473. The van der Waals surface area contributed by atoms with E-state index in [0.29, 0.717) is 5.57 Å². The van der Waals surface area contributed by atoms with Gasteiger partial charge in [-0.3, -0.25) is 14.4 Å². The van der Waals surface area contributed by atoms with Gasteiger partial charge in [0.05, 0.1) is 19.6 Å². The van der Waals surface area contributed by atoms with Gasteiger partial charge >= 0.3 is 5.97 Å². The molecule has 1 saturated carbocycles. The number of ketones is 2. The third-order valence-electron chi connectivity index (χ3n) is 8.23. The molecule has 2 heterocycles. The number of phenolic OH excluding ortho intramolecular Hbond substituents is 1. The zero-order valence-electron chi connectivity index (χ0n) is 20.7. The molecule has 0 amide bonds. The molecule has 4 bridgehead atoms. The summed E-state index contributed by atoms with van der Waals surface area (Å²) in [6.45, 7) is 4.10. The minimum atomic E-state index is -1.37. The summed E-state index contributed by atoms with van der Waals surface area (Å²) in [6, 6.07) is 14.0. The molecule has 0 unspecified atom stereocenters. The predicted octanol–water partition coefficient (Wildman–Crippen LogP) is 3.99. The predicted molar refractivity (Wildman–Crippen MR) is 133 cm³/mol. The van der Waals surface area contributed by atoms with Gasteiger partial charge in [0.25, 0.3) is 0 Å². The van der Waals surface area contributed by atoms with Gasteiger partial charge in [-0.05, 0) is 31.5 Å². The fourth-order valence-corrected chi connectivity index (χ4v) is 6.55. The maximum absolute atomic E-state index is 14.1. The molecule has 3 aliphatic carbocycles. The molecule has 1 spiro atoms. The van der Waals surface area contributed by atoms with Gasteiger partial charge in [-0.15, -0.1) is 0 Å². The van der Waals surface area contributed by atoms with Crippen LogP contribution in [0, 0.1) is 17.8 Å². The highest BCUT2D eigenvalue weighted by molar-refractivity contribution is 6.18. The summed E-state index contributed by atoms with van der Waals surface area (Å²) in [7, 11) is 0. The van der Waals surface area contributed by atoms with E-state index >= 15 is 0 Å². The normalized spacial score (nSPS) is 30.6. The number of hydrogen-bond acceptors (Lipinski definition) is 7. The number of rotatable bonds is 6. The number of carbonyl (C=O) groups excluding carboxylic acids is 3. The Kier molecular flexibility index (Phi) is 5.38. The van der Waals surface area contributed by atoms with Crippen LogP contribution in [0.4, 0.5) is 0 Å². The van der Waals surface area contributed by atoms with Crippen LogP contribution in [0.3, 0.4) is 0 Å². The molecule has 2 aromatic rings. The Morgan fingerprint density at radius 1 is 1.14 bits per heavy atom. The van der Waals surface area contributed by atoms with Gasteiger partial charge in [0.15, 0.2) is 22.8 Å².